The molecule has 0 fully saturated rings. The molecule has 0 spiro atoms. The van der Waals surface area contributed by atoms with Crippen molar-refractivity contribution in [1.29, 1.82) is 0 Å². The number of ketones is 1. The van der Waals surface area contributed by atoms with E-state index >= 15 is 0 Å². The Bertz CT molecular complexity index is 2140. The Labute approximate surface area is 285 Å². The van der Waals surface area contributed by atoms with E-state index in [2.05, 4.69) is 108 Å². The van der Waals surface area contributed by atoms with Crippen LogP contribution >= 0.6 is 0 Å². The van der Waals surface area contributed by atoms with E-state index in [-0.39, 0.29) is 42.5 Å². The van der Waals surface area contributed by atoms with Crippen LogP contribution in [0, 0.1) is 6.07 Å². The smallest absolute Gasteiger partial charge is 0.155 e. The molecule has 0 amide bonds. The fraction of sp³-hybridized carbons (Fsp3) is 0.317. The van der Waals surface area contributed by atoms with Gasteiger partial charge in [0.15, 0.2) is 5.78 Å². The van der Waals surface area contributed by atoms with Crippen molar-refractivity contribution in [1.82, 2.24) is 4.98 Å². The molecule has 0 aliphatic heterocycles. The number of carbonyl (C=O) groups excluding carboxylic acids is 1. The summed E-state index contributed by atoms with van der Waals surface area (Å²) < 4.78 is 6.72. The number of pyridine rings is 1. The number of fused-ring (bicyclic) bond motifs is 7. The molecule has 4 nitrogen and oxygen atoms in total. The van der Waals surface area contributed by atoms with E-state index in [0.29, 0.717) is 5.92 Å². The van der Waals surface area contributed by atoms with Gasteiger partial charge in [-0.2, -0.15) is 0 Å². The number of aromatic nitrogens is 1. The van der Waals surface area contributed by atoms with E-state index in [1.54, 1.807) is 0 Å². The molecule has 1 aliphatic carbocycles. The summed E-state index contributed by atoms with van der Waals surface area (Å²) in [4.78, 5) is 14.9. The minimum atomic E-state index is -0.125. The van der Waals surface area contributed by atoms with Crippen LogP contribution in [-0.2, 0) is 35.7 Å². The number of hydrogen-bond acceptors (Lipinski definition) is 4. The van der Waals surface area contributed by atoms with Gasteiger partial charge in [-0.1, -0.05) is 94.6 Å². The summed E-state index contributed by atoms with van der Waals surface area (Å²) in [5, 5.41) is 15.5. The molecule has 0 saturated carbocycles. The fourth-order valence-electron chi connectivity index (χ4n) is 7.05. The maximum atomic E-state index is 10.0. The molecule has 2 heterocycles. The average Bonchev–Trinajstić information content (AvgIpc) is 3.34. The molecule has 6 aromatic rings. The van der Waals surface area contributed by atoms with Crippen LogP contribution in [0.1, 0.15) is 90.8 Å². The first kappa shape index (κ1) is 33.6. The van der Waals surface area contributed by atoms with Crippen LogP contribution in [0.5, 0.6) is 0 Å². The standard InChI is InChI=1S/C36H34NO.C5H8O2.Ir/c1-21(2)23-11-12-26(25-10-8-7-9-24(23)25)33-28-20-29-27-13-14-30-32(36(5,6)17-16-35(30,3)4)34(27)38-31(29)19-22(28)15-18-37-33;1-4(6)3-5(2)7;/h7-11,13-15,18-21H,16-17H2,1-6H3;3,6H,1-2H3;/q-1;;/b;4-3-;. The third-order valence-corrected chi connectivity index (χ3v) is 9.46. The van der Waals surface area contributed by atoms with Crippen molar-refractivity contribution in [3.63, 3.8) is 0 Å². The number of rotatable bonds is 3. The SMILES string of the molecule is CC(=O)/C=C(/C)O.CC(C)c1c[c-]c(-c2nccc3cc4oc5c6c(ccc5c4cc23)C(C)(C)CCC6(C)C)c2ccccc12.[Ir]. The normalized spacial score (nSPS) is 15.5. The Balaban J connectivity index is 0.000000471. The third-order valence-electron chi connectivity index (χ3n) is 9.46. The van der Waals surface area contributed by atoms with E-state index in [1.165, 1.54) is 59.2 Å². The molecule has 239 valence electrons. The number of allylic oxidation sites excluding steroid dienone is 2. The Kier molecular flexibility index (Phi) is 9.07. The van der Waals surface area contributed by atoms with Crippen LogP contribution in [0.2, 0.25) is 0 Å². The van der Waals surface area contributed by atoms with Crippen molar-refractivity contribution in [3.8, 4) is 11.3 Å². The molecule has 1 radical (unpaired) electrons. The van der Waals surface area contributed by atoms with Gasteiger partial charge in [0.05, 0.1) is 5.76 Å². The van der Waals surface area contributed by atoms with E-state index in [1.807, 2.05) is 6.20 Å². The molecule has 5 heteroatoms. The molecule has 2 aromatic heterocycles. The van der Waals surface area contributed by atoms with Gasteiger partial charge in [0.25, 0.3) is 0 Å². The molecule has 0 saturated heterocycles. The number of nitrogens with zero attached hydrogens (tertiary/aromatic N) is 1. The second kappa shape index (κ2) is 12.4. The van der Waals surface area contributed by atoms with E-state index < -0.39 is 0 Å². The first-order valence-corrected chi connectivity index (χ1v) is 15.9. The maximum absolute atomic E-state index is 10.0. The van der Waals surface area contributed by atoms with Crippen LogP contribution in [0.25, 0.3) is 54.7 Å². The fourth-order valence-corrected chi connectivity index (χ4v) is 7.05. The first-order valence-electron chi connectivity index (χ1n) is 15.9. The summed E-state index contributed by atoms with van der Waals surface area (Å²) in [6.07, 6.45) is 5.44. The van der Waals surface area contributed by atoms with Crippen LogP contribution in [-0.4, -0.2) is 15.9 Å². The number of furan rings is 1. The molecule has 1 N–H and O–H groups in total. The van der Waals surface area contributed by atoms with Crippen LogP contribution in [0.15, 0.2) is 83.1 Å². The molecule has 1 aliphatic rings. The average molecular weight is 789 g/mol. The molecule has 0 unspecified atom stereocenters. The van der Waals surface area contributed by atoms with E-state index in [0.717, 1.165) is 45.0 Å². The number of aliphatic hydroxyl groups is 1. The van der Waals surface area contributed by atoms with Crippen LogP contribution in [0.4, 0.5) is 0 Å². The molecule has 46 heavy (non-hydrogen) atoms. The van der Waals surface area contributed by atoms with Crippen molar-refractivity contribution >= 4 is 49.3 Å². The van der Waals surface area contributed by atoms with E-state index in [9.17, 15) is 4.79 Å². The number of hydrogen-bond donors (Lipinski definition) is 1. The zero-order valence-electron chi connectivity index (χ0n) is 28.0. The van der Waals surface area contributed by atoms with Gasteiger partial charge >= 0.3 is 0 Å². The number of benzene rings is 4. The number of aliphatic hydroxyl groups excluding tert-OH is 1. The molecule has 7 rings (SSSR count). The second-order valence-corrected chi connectivity index (χ2v) is 14.2. The largest absolute Gasteiger partial charge is 0.512 e. The summed E-state index contributed by atoms with van der Waals surface area (Å²) in [6.45, 7) is 16.8. The zero-order valence-corrected chi connectivity index (χ0v) is 30.4. The van der Waals surface area contributed by atoms with Crippen molar-refractivity contribution in [2.45, 2.75) is 85.0 Å². The van der Waals surface area contributed by atoms with Crippen molar-refractivity contribution in [2.24, 2.45) is 0 Å². The molecule has 0 atom stereocenters. The Morgan fingerprint density at radius 3 is 2.26 bits per heavy atom. The molecular formula is C41H42IrNO3-. The van der Waals surface area contributed by atoms with Gasteiger partial charge in [0, 0.05) is 48.7 Å². The van der Waals surface area contributed by atoms with Gasteiger partial charge in [0.1, 0.15) is 11.2 Å². The second-order valence-electron chi connectivity index (χ2n) is 14.2. The van der Waals surface area contributed by atoms with Gasteiger partial charge in [-0.05, 0) is 77.7 Å². The van der Waals surface area contributed by atoms with Gasteiger partial charge < -0.3 is 14.5 Å². The summed E-state index contributed by atoms with van der Waals surface area (Å²) in [5.74, 6) is 0.371. The molecule has 4 aromatic carbocycles. The maximum Gasteiger partial charge on any atom is 0.155 e. The minimum absolute atomic E-state index is 0. The Morgan fingerprint density at radius 2 is 1.61 bits per heavy atom. The Hall–Kier alpha value is -3.79. The van der Waals surface area contributed by atoms with Crippen LogP contribution < -0.4 is 0 Å². The topological polar surface area (TPSA) is 63.3 Å². The minimum Gasteiger partial charge on any atom is -0.512 e. The van der Waals surface area contributed by atoms with Crippen molar-refractivity contribution in [2.75, 3.05) is 0 Å². The first-order chi connectivity index (χ1) is 21.3. The summed E-state index contributed by atoms with van der Waals surface area (Å²) in [5.41, 5.74) is 8.40. The molecule has 0 bridgehead atoms. The predicted molar refractivity (Wildman–Crippen MR) is 187 cm³/mol. The van der Waals surface area contributed by atoms with Gasteiger partial charge in [0.2, 0.25) is 0 Å². The number of carbonyl (C=O) groups is 1. The Morgan fingerprint density at radius 1 is 0.913 bits per heavy atom. The quantitative estimate of drug-likeness (QED) is 0.110. The van der Waals surface area contributed by atoms with Crippen LogP contribution in [0.3, 0.4) is 0 Å². The predicted octanol–water partition coefficient (Wildman–Crippen LogP) is 11.3. The molecular weight excluding hydrogens is 747 g/mol. The summed E-state index contributed by atoms with van der Waals surface area (Å²) in [6, 6.07) is 25.7. The third kappa shape index (κ3) is 5.92. The summed E-state index contributed by atoms with van der Waals surface area (Å²) >= 11 is 0. The van der Waals surface area contributed by atoms with Gasteiger partial charge in [-0.25, -0.2) is 0 Å². The van der Waals surface area contributed by atoms with Crippen molar-refractivity contribution < 1.29 is 34.4 Å². The monoisotopic (exact) mass is 789 g/mol. The zero-order chi connectivity index (χ0) is 32.3. The summed E-state index contributed by atoms with van der Waals surface area (Å²) in [7, 11) is 0. The van der Waals surface area contributed by atoms with E-state index in [4.69, 9.17) is 14.5 Å². The van der Waals surface area contributed by atoms with Gasteiger partial charge in [-0.3, -0.25) is 4.79 Å². The van der Waals surface area contributed by atoms with Crippen molar-refractivity contribution in [3.05, 3.63) is 101 Å². The van der Waals surface area contributed by atoms with Gasteiger partial charge in [-0.15, -0.1) is 23.3 Å².